The Balaban J connectivity index is 1.69. The molecule has 1 aliphatic rings. The molecule has 1 aliphatic heterocycles. The molecule has 2 aromatic rings. The summed E-state index contributed by atoms with van der Waals surface area (Å²) in [7, 11) is 2.97. The van der Waals surface area contributed by atoms with Gasteiger partial charge in [-0.2, -0.15) is 0 Å². The van der Waals surface area contributed by atoms with Gasteiger partial charge in [0.15, 0.2) is 5.76 Å². The second-order valence-corrected chi connectivity index (χ2v) is 6.12. The van der Waals surface area contributed by atoms with Crippen LogP contribution >= 0.6 is 0 Å². The highest BCUT2D eigenvalue weighted by Gasteiger charge is 2.26. The average molecular weight is 346 g/mol. The Morgan fingerprint density at radius 3 is 2.60 bits per heavy atom. The second-order valence-electron chi connectivity index (χ2n) is 6.12. The lowest BCUT2D eigenvalue weighted by Gasteiger charge is -2.31. The molecule has 7 nitrogen and oxygen atoms in total. The van der Waals surface area contributed by atoms with E-state index in [4.69, 9.17) is 13.9 Å². The van der Waals surface area contributed by atoms with E-state index in [0.717, 1.165) is 16.7 Å². The molecule has 0 radical (unpaired) electrons. The Morgan fingerprint density at radius 1 is 1.24 bits per heavy atom. The molecule has 1 fully saturated rings. The Hall–Kier alpha value is -2.70. The SMILES string of the molecule is COC(=O)N1CCC(NC(=O)c2oc3ccc(OC)cc3c2C)CC1. The number of furan rings is 1. The first-order valence-electron chi connectivity index (χ1n) is 8.24. The van der Waals surface area contributed by atoms with Crippen molar-refractivity contribution in [3.05, 3.63) is 29.5 Å². The zero-order valence-electron chi connectivity index (χ0n) is 14.6. The molecule has 1 aromatic heterocycles. The summed E-state index contributed by atoms with van der Waals surface area (Å²) < 4.78 is 15.7. The third-order valence-electron chi connectivity index (χ3n) is 4.61. The number of piperidine rings is 1. The van der Waals surface area contributed by atoms with Crippen LogP contribution < -0.4 is 10.1 Å². The average Bonchev–Trinajstić information content (AvgIpc) is 2.98. The van der Waals surface area contributed by atoms with Crippen LogP contribution in [-0.2, 0) is 4.74 Å². The third-order valence-corrected chi connectivity index (χ3v) is 4.61. The number of likely N-dealkylation sites (tertiary alicyclic amines) is 1. The van der Waals surface area contributed by atoms with Gasteiger partial charge in [-0.15, -0.1) is 0 Å². The number of carbonyl (C=O) groups excluding carboxylic acids is 2. The first-order chi connectivity index (χ1) is 12.0. The van der Waals surface area contributed by atoms with Gasteiger partial charge in [-0.25, -0.2) is 4.79 Å². The van der Waals surface area contributed by atoms with E-state index < -0.39 is 0 Å². The number of aryl methyl sites for hydroxylation is 1. The smallest absolute Gasteiger partial charge is 0.409 e. The van der Waals surface area contributed by atoms with Crippen molar-refractivity contribution in [2.75, 3.05) is 27.3 Å². The summed E-state index contributed by atoms with van der Waals surface area (Å²) in [6, 6.07) is 5.47. The number of fused-ring (bicyclic) bond motifs is 1. The van der Waals surface area contributed by atoms with Crippen molar-refractivity contribution < 1.29 is 23.5 Å². The maximum Gasteiger partial charge on any atom is 0.409 e. The van der Waals surface area contributed by atoms with Gasteiger partial charge in [-0.3, -0.25) is 4.79 Å². The minimum absolute atomic E-state index is 0.00977. The van der Waals surface area contributed by atoms with Gasteiger partial charge < -0.3 is 24.1 Å². The largest absolute Gasteiger partial charge is 0.497 e. The highest BCUT2D eigenvalue weighted by Crippen LogP contribution is 2.29. The van der Waals surface area contributed by atoms with Gasteiger partial charge in [0.25, 0.3) is 5.91 Å². The number of amides is 2. The maximum atomic E-state index is 12.6. The number of benzene rings is 1. The molecule has 0 aliphatic carbocycles. The highest BCUT2D eigenvalue weighted by molar-refractivity contribution is 5.99. The monoisotopic (exact) mass is 346 g/mol. The van der Waals surface area contributed by atoms with E-state index in [1.807, 2.05) is 13.0 Å². The summed E-state index contributed by atoms with van der Waals surface area (Å²) in [4.78, 5) is 25.7. The van der Waals surface area contributed by atoms with Crippen molar-refractivity contribution in [2.45, 2.75) is 25.8 Å². The molecule has 2 heterocycles. The number of methoxy groups -OCH3 is 2. The van der Waals surface area contributed by atoms with Crippen molar-refractivity contribution in [1.82, 2.24) is 10.2 Å². The van der Waals surface area contributed by atoms with Crippen LogP contribution in [0.25, 0.3) is 11.0 Å². The van der Waals surface area contributed by atoms with Gasteiger partial charge in [-0.1, -0.05) is 0 Å². The number of nitrogens with zero attached hydrogens (tertiary/aromatic N) is 1. The molecule has 25 heavy (non-hydrogen) atoms. The standard InChI is InChI=1S/C18H22N2O5/c1-11-14-10-13(23-2)4-5-15(14)25-16(11)17(21)19-12-6-8-20(9-7-12)18(22)24-3/h4-5,10,12H,6-9H2,1-3H3,(H,19,21). The van der Waals surface area contributed by atoms with E-state index in [-0.39, 0.29) is 18.0 Å². The van der Waals surface area contributed by atoms with Crippen LogP contribution in [0.2, 0.25) is 0 Å². The predicted octanol–water partition coefficient (Wildman–Crippen LogP) is 2.71. The number of rotatable bonds is 3. The van der Waals surface area contributed by atoms with Gasteiger partial charge in [0, 0.05) is 30.1 Å². The zero-order valence-corrected chi connectivity index (χ0v) is 14.6. The lowest BCUT2D eigenvalue weighted by Crippen LogP contribution is -2.46. The fourth-order valence-corrected chi connectivity index (χ4v) is 3.13. The predicted molar refractivity (Wildman–Crippen MR) is 92.0 cm³/mol. The minimum atomic E-state index is -0.327. The Bertz CT molecular complexity index is 790. The molecule has 1 aromatic carbocycles. The first kappa shape index (κ1) is 17.1. The van der Waals surface area contributed by atoms with E-state index in [9.17, 15) is 9.59 Å². The first-order valence-corrected chi connectivity index (χ1v) is 8.24. The van der Waals surface area contributed by atoms with Crippen LogP contribution in [0.3, 0.4) is 0 Å². The van der Waals surface area contributed by atoms with Crippen molar-refractivity contribution in [3.8, 4) is 5.75 Å². The van der Waals surface area contributed by atoms with Crippen LogP contribution in [0.15, 0.2) is 22.6 Å². The number of carbonyl (C=O) groups is 2. The molecule has 134 valence electrons. The lowest BCUT2D eigenvalue weighted by molar-refractivity contribution is 0.0868. The number of hydrogen-bond donors (Lipinski definition) is 1. The summed E-state index contributed by atoms with van der Waals surface area (Å²) in [6.07, 6.45) is 1.05. The van der Waals surface area contributed by atoms with Crippen LogP contribution in [0.1, 0.15) is 29.0 Å². The molecule has 1 N–H and O–H groups in total. The fourth-order valence-electron chi connectivity index (χ4n) is 3.13. The summed E-state index contributed by atoms with van der Waals surface area (Å²) in [5.41, 5.74) is 1.45. The quantitative estimate of drug-likeness (QED) is 0.924. The van der Waals surface area contributed by atoms with Gasteiger partial charge in [-0.05, 0) is 38.0 Å². The Morgan fingerprint density at radius 2 is 1.96 bits per heavy atom. The van der Waals surface area contributed by atoms with Crippen molar-refractivity contribution in [2.24, 2.45) is 0 Å². The number of nitrogens with one attached hydrogen (secondary N) is 1. The summed E-state index contributed by atoms with van der Waals surface area (Å²) in [5.74, 6) is 0.807. The molecule has 0 unspecified atom stereocenters. The Kier molecular flexibility index (Phi) is 4.83. The number of hydrogen-bond acceptors (Lipinski definition) is 5. The number of ether oxygens (including phenoxy) is 2. The van der Waals surface area contributed by atoms with E-state index in [2.05, 4.69) is 5.32 Å². The summed E-state index contributed by atoms with van der Waals surface area (Å²) >= 11 is 0. The van der Waals surface area contributed by atoms with Crippen molar-refractivity contribution in [1.29, 1.82) is 0 Å². The summed E-state index contributed by atoms with van der Waals surface area (Å²) in [5, 5.41) is 3.87. The second kappa shape index (κ2) is 7.04. The fraction of sp³-hybridized carbons (Fsp3) is 0.444. The summed E-state index contributed by atoms with van der Waals surface area (Å²) in [6.45, 7) is 2.99. The van der Waals surface area contributed by atoms with Gasteiger partial charge in [0.1, 0.15) is 11.3 Å². The third kappa shape index (κ3) is 3.40. The maximum absolute atomic E-state index is 12.6. The zero-order chi connectivity index (χ0) is 18.0. The molecule has 0 bridgehead atoms. The molecule has 0 saturated carbocycles. The molecule has 0 atom stereocenters. The molecular formula is C18H22N2O5. The Labute approximate surface area is 145 Å². The van der Waals surface area contributed by atoms with Gasteiger partial charge in [0.05, 0.1) is 14.2 Å². The topological polar surface area (TPSA) is 81.0 Å². The van der Waals surface area contributed by atoms with E-state index >= 15 is 0 Å². The molecule has 1 saturated heterocycles. The minimum Gasteiger partial charge on any atom is -0.497 e. The van der Waals surface area contributed by atoms with E-state index in [1.165, 1.54) is 7.11 Å². The van der Waals surface area contributed by atoms with Crippen molar-refractivity contribution in [3.63, 3.8) is 0 Å². The normalized spacial score (nSPS) is 15.2. The van der Waals surface area contributed by atoms with E-state index in [0.29, 0.717) is 37.3 Å². The van der Waals surface area contributed by atoms with Gasteiger partial charge in [0.2, 0.25) is 0 Å². The van der Waals surface area contributed by atoms with E-state index in [1.54, 1.807) is 24.1 Å². The molecule has 7 heteroatoms. The van der Waals surface area contributed by atoms with Crippen LogP contribution in [0.5, 0.6) is 5.75 Å². The van der Waals surface area contributed by atoms with Gasteiger partial charge >= 0.3 is 6.09 Å². The molecule has 2 amide bonds. The molecule has 0 spiro atoms. The highest BCUT2D eigenvalue weighted by atomic mass is 16.5. The van der Waals surface area contributed by atoms with Crippen molar-refractivity contribution >= 4 is 23.0 Å². The molecular weight excluding hydrogens is 324 g/mol. The van der Waals surface area contributed by atoms with Crippen LogP contribution in [-0.4, -0.2) is 50.3 Å². The van der Waals surface area contributed by atoms with Crippen LogP contribution in [0.4, 0.5) is 4.79 Å². The lowest BCUT2D eigenvalue weighted by atomic mass is 10.0. The van der Waals surface area contributed by atoms with Crippen LogP contribution in [0, 0.1) is 6.92 Å². The molecule has 3 rings (SSSR count).